The van der Waals surface area contributed by atoms with E-state index >= 15 is 0 Å². The van der Waals surface area contributed by atoms with Gasteiger partial charge in [-0.25, -0.2) is 0 Å². The van der Waals surface area contributed by atoms with Crippen LogP contribution in [0.1, 0.15) is 5.56 Å². The number of hydrogen-bond acceptors (Lipinski definition) is 3. The third-order valence-corrected chi connectivity index (χ3v) is 5.31. The summed E-state index contributed by atoms with van der Waals surface area (Å²) in [7, 11) is 0. The molecule has 3 aromatic rings. The van der Waals surface area contributed by atoms with Crippen molar-refractivity contribution in [2.45, 2.75) is 11.3 Å². The van der Waals surface area contributed by atoms with E-state index in [1.807, 2.05) is 54.6 Å². The highest BCUT2D eigenvalue weighted by Gasteiger charge is 2.07. The molecule has 0 heterocycles. The molecule has 0 aliphatic heterocycles. The first kappa shape index (κ1) is 21.2. The van der Waals surface area contributed by atoms with Crippen molar-refractivity contribution in [3.63, 3.8) is 0 Å². The summed E-state index contributed by atoms with van der Waals surface area (Å²) in [5.41, 5.74) is 2.24. The summed E-state index contributed by atoms with van der Waals surface area (Å²) in [5.74, 6) is 0.00820. The van der Waals surface area contributed by atoms with Crippen LogP contribution in [0.4, 0.5) is 11.4 Å². The van der Waals surface area contributed by atoms with Gasteiger partial charge < -0.3 is 10.6 Å². The molecule has 0 bridgehead atoms. The van der Waals surface area contributed by atoms with Gasteiger partial charge in [-0.3, -0.25) is 9.59 Å². The van der Waals surface area contributed by atoms with Crippen LogP contribution in [-0.4, -0.2) is 17.6 Å². The van der Waals surface area contributed by atoms with E-state index in [4.69, 9.17) is 23.2 Å². The Balaban J connectivity index is 1.47. The molecule has 0 atom stereocenters. The fraction of sp³-hybridized carbons (Fsp3) is 0.0909. The predicted molar refractivity (Wildman–Crippen MR) is 121 cm³/mol. The zero-order valence-corrected chi connectivity index (χ0v) is 17.7. The standard InChI is InChI=1S/C22H18Cl2N2O2S/c23-16-11-17(24)13-19(12-16)26-22(28)14-29-20-8-6-18(7-9-20)25-21(27)10-15-4-2-1-3-5-15/h1-9,11-13H,10,14H2,(H,25,27)(H,26,28). The van der Waals surface area contributed by atoms with Crippen molar-refractivity contribution >= 4 is 58.2 Å². The quantitative estimate of drug-likeness (QED) is 0.445. The van der Waals surface area contributed by atoms with Crippen molar-refractivity contribution in [2.75, 3.05) is 16.4 Å². The predicted octanol–water partition coefficient (Wildman–Crippen LogP) is 5.91. The van der Waals surface area contributed by atoms with Crippen molar-refractivity contribution in [1.29, 1.82) is 0 Å². The molecule has 2 amide bonds. The molecule has 148 valence electrons. The normalized spacial score (nSPS) is 10.4. The van der Waals surface area contributed by atoms with Crippen LogP contribution in [-0.2, 0) is 16.0 Å². The van der Waals surface area contributed by atoms with Gasteiger partial charge in [-0.05, 0) is 48.0 Å². The third kappa shape index (κ3) is 7.13. The second kappa shape index (κ2) is 10.3. The van der Waals surface area contributed by atoms with Crippen molar-refractivity contribution in [3.05, 3.63) is 88.4 Å². The first-order valence-corrected chi connectivity index (χ1v) is 10.5. The van der Waals surface area contributed by atoms with Crippen LogP contribution in [0.2, 0.25) is 10.0 Å². The summed E-state index contributed by atoms with van der Waals surface area (Å²) in [6.07, 6.45) is 0.324. The number of anilines is 2. The molecule has 0 saturated heterocycles. The summed E-state index contributed by atoms with van der Waals surface area (Å²) in [6.45, 7) is 0. The fourth-order valence-electron chi connectivity index (χ4n) is 2.59. The van der Waals surface area contributed by atoms with E-state index < -0.39 is 0 Å². The van der Waals surface area contributed by atoms with Crippen LogP contribution in [0.5, 0.6) is 0 Å². The SMILES string of the molecule is O=C(CSc1ccc(NC(=O)Cc2ccccc2)cc1)Nc1cc(Cl)cc(Cl)c1. The minimum Gasteiger partial charge on any atom is -0.326 e. The molecule has 3 aromatic carbocycles. The maximum Gasteiger partial charge on any atom is 0.234 e. The molecule has 3 rings (SSSR count). The van der Waals surface area contributed by atoms with Gasteiger partial charge in [0.15, 0.2) is 0 Å². The van der Waals surface area contributed by atoms with E-state index in [2.05, 4.69) is 10.6 Å². The molecular weight excluding hydrogens is 427 g/mol. The molecule has 0 fully saturated rings. The lowest BCUT2D eigenvalue weighted by molar-refractivity contribution is -0.115. The van der Waals surface area contributed by atoms with Crippen LogP contribution in [0.15, 0.2) is 77.7 Å². The van der Waals surface area contributed by atoms with E-state index in [9.17, 15) is 9.59 Å². The Kier molecular flexibility index (Phi) is 7.58. The molecule has 0 spiro atoms. The summed E-state index contributed by atoms with van der Waals surface area (Å²) in [4.78, 5) is 25.2. The van der Waals surface area contributed by atoms with E-state index in [-0.39, 0.29) is 17.6 Å². The third-order valence-electron chi connectivity index (χ3n) is 3.86. The van der Waals surface area contributed by atoms with Gasteiger partial charge in [0.1, 0.15) is 0 Å². The van der Waals surface area contributed by atoms with Gasteiger partial charge in [-0.2, -0.15) is 0 Å². The molecule has 4 nitrogen and oxygen atoms in total. The largest absolute Gasteiger partial charge is 0.326 e. The molecule has 0 saturated carbocycles. The summed E-state index contributed by atoms with van der Waals surface area (Å²) < 4.78 is 0. The molecule has 0 radical (unpaired) electrons. The second-order valence-electron chi connectivity index (χ2n) is 6.23. The lowest BCUT2D eigenvalue weighted by Crippen LogP contribution is -2.14. The van der Waals surface area contributed by atoms with Gasteiger partial charge in [0, 0.05) is 26.3 Å². The zero-order valence-electron chi connectivity index (χ0n) is 15.3. The smallest absolute Gasteiger partial charge is 0.234 e. The number of hydrogen-bond donors (Lipinski definition) is 2. The van der Waals surface area contributed by atoms with E-state index in [0.717, 1.165) is 10.5 Å². The van der Waals surface area contributed by atoms with Crippen molar-refractivity contribution in [3.8, 4) is 0 Å². The lowest BCUT2D eigenvalue weighted by atomic mass is 10.1. The minimum absolute atomic E-state index is 0.0730. The number of carbonyl (C=O) groups is 2. The Morgan fingerprint density at radius 2 is 1.38 bits per heavy atom. The molecule has 0 aliphatic carbocycles. The molecule has 0 aliphatic rings. The zero-order chi connectivity index (χ0) is 20.6. The molecule has 29 heavy (non-hydrogen) atoms. The van der Waals surface area contributed by atoms with Crippen LogP contribution in [0, 0.1) is 0 Å². The number of rotatable bonds is 7. The van der Waals surface area contributed by atoms with Crippen LogP contribution >= 0.6 is 35.0 Å². The highest BCUT2D eigenvalue weighted by atomic mass is 35.5. The van der Waals surface area contributed by atoms with Gasteiger partial charge in [0.2, 0.25) is 11.8 Å². The Morgan fingerprint density at radius 3 is 2.03 bits per heavy atom. The number of thioether (sulfide) groups is 1. The first-order chi connectivity index (χ1) is 14.0. The van der Waals surface area contributed by atoms with Gasteiger partial charge in [0.25, 0.3) is 0 Å². The van der Waals surface area contributed by atoms with Crippen molar-refractivity contribution in [1.82, 2.24) is 0 Å². The van der Waals surface area contributed by atoms with Crippen molar-refractivity contribution < 1.29 is 9.59 Å². The summed E-state index contributed by atoms with van der Waals surface area (Å²) >= 11 is 13.3. The minimum atomic E-state index is -0.159. The average Bonchev–Trinajstić information content (AvgIpc) is 2.67. The van der Waals surface area contributed by atoms with Gasteiger partial charge in [0.05, 0.1) is 12.2 Å². The highest BCUT2D eigenvalue weighted by molar-refractivity contribution is 8.00. The number of benzene rings is 3. The Hall–Kier alpha value is -2.47. The van der Waals surface area contributed by atoms with E-state index in [1.165, 1.54) is 11.8 Å². The van der Waals surface area contributed by atoms with Gasteiger partial charge >= 0.3 is 0 Å². The Morgan fingerprint density at radius 1 is 0.759 bits per heavy atom. The molecule has 0 aromatic heterocycles. The van der Waals surface area contributed by atoms with Gasteiger partial charge in [-0.15, -0.1) is 11.8 Å². The van der Waals surface area contributed by atoms with E-state index in [1.54, 1.807) is 18.2 Å². The summed E-state index contributed by atoms with van der Waals surface area (Å²) in [5, 5.41) is 6.57. The maximum atomic E-state index is 12.1. The van der Waals surface area contributed by atoms with Crippen LogP contribution < -0.4 is 10.6 Å². The van der Waals surface area contributed by atoms with Crippen LogP contribution in [0.3, 0.4) is 0 Å². The highest BCUT2D eigenvalue weighted by Crippen LogP contribution is 2.24. The lowest BCUT2D eigenvalue weighted by Gasteiger charge is -2.08. The van der Waals surface area contributed by atoms with Crippen LogP contribution in [0.25, 0.3) is 0 Å². The molecular formula is C22H18Cl2N2O2S. The monoisotopic (exact) mass is 444 g/mol. The Bertz CT molecular complexity index is 975. The topological polar surface area (TPSA) is 58.2 Å². The molecule has 2 N–H and O–H groups in total. The number of amides is 2. The Labute approximate surface area is 183 Å². The molecule has 7 heteroatoms. The fourth-order valence-corrected chi connectivity index (χ4v) is 3.82. The van der Waals surface area contributed by atoms with Gasteiger partial charge in [-0.1, -0.05) is 53.5 Å². The second-order valence-corrected chi connectivity index (χ2v) is 8.15. The van der Waals surface area contributed by atoms with E-state index in [0.29, 0.717) is 27.8 Å². The average molecular weight is 445 g/mol. The number of carbonyl (C=O) groups excluding carboxylic acids is 2. The number of halogens is 2. The number of nitrogens with one attached hydrogen (secondary N) is 2. The summed E-state index contributed by atoms with van der Waals surface area (Å²) in [6, 6.07) is 21.8. The molecule has 0 unspecified atom stereocenters. The first-order valence-electron chi connectivity index (χ1n) is 8.80. The van der Waals surface area contributed by atoms with Crippen molar-refractivity contribution in [2.24, 2.45) is 0 Å². The maximum absolute atomic E-state index is 12.1.